The summed E-state index contributed by atoms with van der Waals surface area (Å²) in [6.07, 6.45) is 7.33. The summed E-state index contributed by atoms with van der Waals surface area (Å²) in [4.78, 5) is 5.03. The number of rotatable bonds is 1. The SMILES string of the molecule is Cc1c2ccccc2cc2c3nccc4c(C5CCCC5)cc5c6ccccc6n(c12)c5c43. The van der Waals surface area contributed by atoms with E-state index in [2.05, 4.69) is 78.1 Å². The van der Waals surface area contributed by atoms with Gasteiger partial charge in [-0.05, 0) is 77.2 Å². The third-order valence-corrected chi connectivity index (χ3v) is 8.26. The van der Waals surface area contributed by atoms with Gasteiger partial charge in [0.2, 0.25) is 0 Å². The van der Waals surface area contributed by atoms with E-state index < -0.39 is 0 Å². The molecular weight excluding hydrogens is 400 g/mol. The number of pyridine rings is 2. The Kier molecular flexibility index (Phi) is 3.37. The van der Waals surface area contributed by atoms with Crippen LogP contribution in [0.4, 0.5) is 0 Å². The Balaban J connectivity index is 1.74. The number of para-hydroxylation sites is 1. The first kappa shape index (κ1) is 17.9. The molecular formula is C31H24N2. The Morgan fingerprint density at radius 1 is 0.758 bits per heavy atom. The van der Waals surface area contributed by atoms with Gasteiger partial charge in [0.15, 0.2) is 0 Å². The van der Waals surface area contributed by atoms with E-state index in [1.807, 2.05) is 6.20 Å². The Morgan fingerprint density at radius 2 is 1.55 bits per heavy atom. The highest BCUT2D eigenvalue weighted by molar-refractivity contribution is 6.29. The number of aryl methyl sites for hydroxylation is 1. The third-order valence-electron chi connectivity index (χ3n) is 8.26. The minimum Gasteiger partial charge on any atom is -0.308 e. The molecule has 7 aromatic rings. The standard InChI is InChI=1S/C31H24N2/c1-18-21-11-5-4-10-20(21)16-26-29-28-23(14-15-32-29)24(19-8-2-3-9-19)17-25-22-12-6-7-13-27(22)33(30(18)26)31(25)28/h4-7,10-17,19H,2-3,8-9H2,1H3. The summed E-state index contributed by atoms with van der Waals surface area (Å²) >= 11 is 0. The predicted molar refractivity (Wildman–Crippen MR) is 140 cm³/mol. The summed E-state index contributed by atoms with van der Waals surface area (Å²) in [6, 6.07) is 24.9. The van der Waals surface area contributed by atoms with E-state index in [0.29, 0.717) is 5.92 Å². The first-order valence-electron chi connectivity index (χ1n) is 12.2. The van der Waals surface area contributed by atoms with E-state index in [4.69, 9.17) is 4.98 Å². The summed E-state index contributed by atoms with van der Waals surface area (Å²) in [7, 11) is 0. The van der Waals surface area contributed by atoms with Gasteiger partial charge in [0.25, 0.3) is 0 Å². The molecule has 0 saturated heterocycles. The summed E-state index contributed by atoms with van der Waals surface area (Å²) in [5.41, 5.74) is 7.93. The molecule has 0 unspecified atom stereocenters. The van der Waals surface area contributed by atoms with E-state index in [1.165, 1.54) is 91.1 Å². The predicted octanol–water partition coefficient (Wildman–Crippen LogP) is 8.50. The molecule has 158 valence electrons. The monoisotopic (exact) mass is 424 g/mol. The average Bonchev–Trinajstić information content (AvgIpc) is 3.50. The summed E-state index contributed by atoms with van der Waals surface area (Å²) in [5.74, 6) is 0.659. The second-order valence-corrected chi connectivity index (χ2v) is 9.90. The topological polar surface area (TPSA) is 17.3 Å². The fraction of sp³-hybridized carbons (Fsp3) is 0.194. The molecule has 0 bridgehead atoms. The molecule has 0 atom stereocenters. The Labute approximate surface area is 191 Å². The Bertz CT molecular complexity index is 1880. The number of aromatic nitrogens is 2. The zero-order valence-electron chi connectivity index (χ0n) is 18.7. The second kappa shape index (κ2) is 6.23. The molecule has 0 N–H and O–H groups in total. The van der Waals surface area contributed by atoms with Crippen molar-refractivity contribution >= 4 is 59.8 Å². The lowest BCUT2D eigenvalue weighted by Gasteiger charge is -2.19. The first-order valence-corrected chi connectivity index (χ1v) is 12.2. The summed E-state index contributed by atoms with van der Waals surface area (Å²) in [6.45, 7) is 2.28. The maximum atomic E-state index is 5.03. The van der Waals surface area contributed by atoms with Crippen LogP contribution in [0.2, 0.25) is 0 Å². The van der Waals surface area contributed by atoms with Crippen LogP contribution in [0.5, 0.6) is 0 Å². The van der Waals surface area contributed by atoms with Gasteiger partial charge in [-0.3, -0.25) is 4.98 Å². The smallest absolute Gasteiger partial charge is 0.0823 e. The lowest BCUT2D eigenvalue weighted by molar-refractivity contribution is 0.730. The normalized spacial score (nSPS) is 15.4. The number of nitrogens with zero attached hydrogens (tertiary/aromatic N) is 2. The number of fused-ring (bicyclic) bond motifs is 7. The van der Waals surface area contributed by atoms with Crippen molar-refractivity contribution in [3.63, 3.8) is 0 Å². The minimum absolute atomic E-state index is 0.659. The van der Waals surface area contributed by atoms with Gasteiger partial charge in [0.1, 0.15) is 0 Å². The number of benzene rings is 4. The Hall–Kier alpha value is -3.65. The van der Waals surface area contributed by atoms with Crippen molar-refractivity contribution in [2.45, 2.75) is 38.5 Å². The van der Waals surface area contributed by atoms with Crippen LogP contribution < -0.4 is 0 Å². The molecule has 0 radical (unpaired) electrons. The van der Waals surface area contributed by atoms with Crippen molar-refractivity contribution in [2.75, 3.05) is 0 Å². The van der Waals surface area contributed by atoms with Crippen LogP contribution >= 0.6 is 0 Å². The molecule has 0 aliphatic heterocycles. The lowest BCUT2D eigenvalue weighted by Crippen LogP contribution is -2.00. The van der Waals surface area contributed by atoms with Gasteiger partial charge >= 0.3 is 0 Å². The molecule has 0 spiro atoms. The van der Waals surface area contributed by atoms with Crippen LogP contribution in [0.1, 0.15) is 42.7 Å². The molecule has 4 aromatic carbocycles. The van der Waals surface area contributed by atoms with E-state index >= 15 is 0 Å². The van der Waals surface area contributed by atoms with Gasteiger partial charge in [-0.1, -0.05) is 55.3 Å². The second-order valence-electron chi connectivity index (χ2n) is 9.90. The zero-order chi connectivity index (χ0) is 21.7. The molecule has 8 rings (SSSR count). The molecule has 2 nitrogen and oxygen atoms in total. The van der Waals surface area contributed by atoms with Crippen LogP contribution in [-0.2, 0) is 0 Å². The first-order chi connectivity index (χ1) is 16.3. The molecule has 1 aliphatic rings. The zero-order valence-corrected chi connectivity index (χ0v) is 18.7. The molecule has 2 heteroatoms. The van der Waals surface area contributed by atoms with Crippen molar-refractivity contribution in [1.82, 2.24) is 9.38 Å². The van der Waals surface area contributed by atoms with Crippen LogP contribution in [0.3, 0.4) is 0 Å². The minimum atomic E-state index is 0.659. The lowest BCUT2D eigenvalue weighted by atomic mass is 9.89. The van der Waals surface area contributed by atoms with Crippen LogP contribution in [0.25, 0.3) is 59.8 Å². The molecule has 1 aliphatic carbocycles. The van der Waals surface area contributed by atoms with Gasteiger partial charge in [-0.15, -0.1) is 0 Å². The molecule has 0 amide bonds. The van der Waals surface area contributed by atoms with Crippen molar-refractivity contribution < 1.29 is 0 Å². The maximum absolute atomic E-state index is 5.03. The highest BCUT2D eigenvalue weighted by Crippen LogP contribution is 2.47. The number of hydrogen-bond acceptors (Lipinski definition) is 1. The average molecular weight is 425 g/mol. The van der Waals surface area contributed by atoms with Crippen molar-refractivity contribution in [1.29, 1.82) is 0 Å². The van der Waals surface area contributed by atoms with Crippen molar-refractivity contribution in [3.05, 3.63) is 84.1 Å². The van der Waals surface area contributed by atoms with Crippen LogP contribution in [0.15, 0.2) is 72.9 Å². The number of hydrogen-bond donors (Lipinski definition) is 0. The fourth-order valence-corrected chi connectivity index (χ4v) is 6.83. The van der Waals surface area contributed by atoms with Gasteiger partial charge < -0.3 is 4.40 Å². The van der Waals surface area contributed by atoms with Gasteiger partial charge in [-0.2, -0.15) is 0 Å². The van der Waals surface area contributed by atoms with Crippen molar-refractivity contribution in [3.8, 4) is 0 Å². The highest BCUT2D eigenvalue weighted by Gasteiger charge is 2.26. The Morgan fingerprint density at radius 3 is 2.42 bits per heavy atom. The van der Waals surface area contributed by atoms with E-state index in [0.717, 1.165) is 5.52 Å². The molecule has 33 heavy (non-hydrogen) atoms. The molecule has 1 saturated carbocycles. The summed E-state index contributed by atoms with van der Waals surface area (Å²) < 4.78 is 2.54. The quantitative estimate of drug-likeness (QED) is 0.191. The maximum Gasteiger partial charge on any atom is 0.0823 e. The van der Waals surface area contributed by atoms with E-state index in [9.17, 15) is 0 Å². The molecule has 3 aromatic heterocycles. The summed E-state index contributed by atoms with van der Waals surface area (Å²) in [5, 5.41) is 9.35. The van der Waals surface area contributed by atoms with E-state index in [-0.39, 0.29) is 0 Å². The van der Waals surface area contributed by atoms with Gasteiger partial charge in [-0.25, -0.2) is 0 Å². The van der Waals surface area contributed by atoms with Gasteiger partial charge in [0, 0.05) is 27.7 Å². The highest BCUT2D eigenvalue weighted by atomic mass is 14.9. The van der Waals surface area contributed by atoms with Crippen LogP contribution in [0, 0.1) is 6.92 Å². The van der Waals surface area contributed by atoms with E-state index in [1.54, 1.807) is 0 Å². The van der Waals surface area contributed by atoms with Crippen LogP contribution in [-0.4, -0.2) is 9.38 Å². The largest absolute Gasteiger partial charge is 0.308 e. The molecule has 3 heterocycles. The van der Waals surface area contributed by atoms with Gasteiger partial charge in [0.05, 0.1) is 22.1 Å². The molecule has 1 fully saturated rings. The van der Waals surface area contributed by atoms with Crippen molar-refractivity contribution in [2.24, 2.45) is 0 Å². The fourth-order valence-electron chi connectivity index (χ4n) is 6.83. The third kappa shape index (κ3) is 2.17.